The second-order valence-electron chi connectivity index (χ2n) is 3.60. The summed E-state index contributed by atoms with van der Waals surface area (Å²) in [6.07, 6.45) is -0.580. The largest absolute Gasteiger partial charge is 0.335 e. The summed E-state index contributed by atoms with van der Waals surface area (Å²) in [5.41, 5.74) is -1.48. The third-order valence-electron chi connectivity index (χ3n) is 2.57. The van der Waals surface area contributed by atoms with E-state index in [1.54, 1.807) is 7.05 Å². The van der Waals surface area contributed by atoms with Gasteiger partial charge < -0.3 is 4.57 Å². The Labute approximate surface area is 98.4 Å². The molecule has 0 aliphatic heterocycles. The van der Waals surface area contributed by atoms with Gasteiger partial charge in [0.2, 0.25) is 0 Å². The van der Waals surface area contributed by atoms with Gasteiger partial charge in [-0.15, -0.1) is 9.81 Å². The van der Waals surface area contributed by atoms with Crippen LogP contribution >= 0.6 is 0 Å². The summed E-state index contributed by atoms with van der Waals surface area (Å²) < 4.78 is 2.81. The lowest BCUT2D eigenvalue weighted by atomic mass is 10.5. The van der Waals surface area contributed by atoms with Crippen LogP contribution in [0.1, 0.15) is 6.29 Å². The molecule has 0 fully saturated rings. The molecule has 10 heteroatoms. The van der Waals surface area contributed by atoms with Crippen molar-refractivity contribution in [1.29, 1.82) is 0 Å². The van der Waals surface area contributed by atoms with E-state index in [1.165, 1.54) is 17.9 Å². The third kappa shape index (κ3) is 1.38. The highest BCUT2D eigenvalue weighted by Crippen LogP contribution is 2.07. The number of aromatic nitrogens is 4. The molecular weight excluding hydrogens is 244 g/mol. The number of aryl methyl sites for hydroxylation is 2. The molecule has 94 valence electrons. The monoisotopic (exact) mass is 252 g/mol. The molecule has 0 radical (unpaired) electrons. The molecule has 0 aliphatic rings. The van der Waals surface area contributed by atoms with E-state index in [1.807, 2.05) is 0 Å². The second kappa shape index (κ2) is 3.98. The molecule has 2 heterocycles. The number of imidazole rings is 1. The Morgan fingerprint density at radius 2 is 1.83 bits per heavy atom. The Balaban J connectivity index is 3.03. The van der Waals surface area contributed by atoms with Crippen molar-refractivity contribution in [2.24, 2.45) is 24.4 Å². The maximum Gasteiger partial charge on any atom is 0.335 e. The van der Waals surface area contributed by atoms with Gasteiger partial charge in [0, 0.05) is 14.1 Å². The van der Waals surface area contributed by atoms with Gasteiger partial charge in [0.25, 0.3) is 5.56 Å². The van der Waals surface area contributed by atoms with Crippen LogP contribution in [0.4, 0.5) is 0 Å². The molecule has 2 aromatic rings. The van der Waals surface area contributed by atoms with Crippen LogP contribution in [0.2, 0.25) is 0 Å². The molecule has 0 saturated carbocycles. The normalized spacial score (nSPS) is 11.1. The van der Waals surface area contributed by atoms with Gasteiger partial charge >= 0.3 is 12.0 Å². The van der Waals surface area contributed by atoms with Crippen LogP contribution in [-0.2, 0) is 14.1 Å². The molecule has 0 aromatic carbocycles. The van der Waals surface area contributed by atoms with Gasteiger partial charge in [0.05, 0.1) is 6.33 Å². The lowest BCUT2D eigenvalue weighted by molar-refractivity contribution is 0.486. The highest BCUT2D eigenvalue weighted by molar-refractivity contribution is 5.69. The molecule has 2 aromatic heterocycles. The first kappa shape index (κ1) is 11.8. The van der Waals surface area contributed by atoms with Crippen molar-refractivity contribution < 1.29 is 0 Å². The fraction of sp³-hybridized carbons (Fsp3) is 0.375. The van der Waals surface area contributed by atoms with Gasteiger partial charge in [0.15, 0.2) is 11.2 Å². The molecule has 0 atom stereocenters. The van der Waals surface area contributed by atoms with Gasteiger partial charge in [-0.3, -0.25) is 9.36 Å². The highest BCUT2D eigenvalue weighted by Gasteiger charge is 2.22. The van der Waals surface area contributed by atoms with E-state index in [-0.39, 0.29) is 11.2 Å². The molecule has 0 unspecified atom stereocenters. The number of hydrogen-bond donors (Lipinski definition) is 0. The Kier molecular flexibility index (Phi) is 2.61. The zero-order valence-corrected chi connectivity index (χ0v) is 9.47. The quantitative estimate of drug-likeness (QED) is 0.676. The zero-order chi connectivity index (χ0) is 13.4. The minimum absolute atomic E-state index is 0.0781. The Hall–Kier alpha value is -2.65. The molecule has 2 rings (SSSR count). The molecule has 0 aliphatic carbocycles. The first-order chi connectivity index (χ1) is 8.52. The number of hydrogen-bond acceptors (Lipinski definition) is 7. The van der Waals surface area contributed by atoms with Crippen LogP contribution in [0.3, 0.4) is 0 Å². The smallest absolute Gasteiger partial charge is 0.328 e. The number of nitroso groups, excluding NO2 is 2. The SMILES string of the molecule is Cn1cnc2c1c(=O)n(C(N=O)N=O)c(=O)n2C. The van der Waals surface area contributed by atoms with Crippen molar-refractivity contribution in [3.63, 3.8) is 0 Å². The van der Waals surface area contributed by atoms with Crippen molar-refractivity contribution in [2.45, 2.75) is 6.29 Å². The third-order valence-corrected chi connectivity index (χ3v) is 2.57. The highest BCUT2D eigenvalue weighted by atomic mass is 16.3. The van der Waals surface area contributed by atoms with Crippen LogP contribution in [-0.4, -0.2) is 18.7 Å². The van der Waals surface area contributed by atoms with E-state index in [4.69, 9.17) is 0 Å². The first-order valence-electron chi connectivity index (χ1n) is 4.80. The van der Waals surface area contributed by atoms with Crippen molar-refractivity contribution in [3.05, 3.63) is 37.0 Å². The van der Waals surface area contributed by atoms with E-state index < -0.39 is 17.5 Å². The van der Waals surface area contributed by atoms with E-state index >= 15 is 0 Å². The molecule has 0 amide bonds. The lowest BCUT2D eigenvalue weighted by Gasteiger charge is -2.07. The van der Waals surface area contributed by atoms with Crippen LogP contribution in [0.25, 0.3) is 11.2 Å². The molecule has 10 nitrogen and oxygen atoms in total. The van der Waals surface area contributed by atoms with Gasteiger partial charge in [-0.1, -0.05) is 0 Å². The van der Waals surface area contributed by atoms with E-state index in [9.17, 15) is 19.4 Å². The molecule has 0 N–H and O–H groups in total. The molecular formula is C8H8N6O4. The summed E-state index contributed by atoms with van der Waals surface area (Å²) in [5.74, 6) is 0. The van der Waals surface area contributed by atoms with E-state index in [2.05, 4.69) is 15.3 Å². The molecule has 18 heavy (non-hydrogen) atoms. The van der Waals surface area contributed by atoms with Gasteiger partial charge in [-0.05, 0) is 10.4 Å². The van der Waals surface area contributed by atoms with Gasteiger partial charge in [-0.2, -0.15) is 0 Å². The zero-order valence-electron chi connectivity index (χ0n) is 9.47. The lowest BCUT2D eigenvalue weighted by Crippen LogP contribution is -2.41. The van der Waals surface area contributed by atoms with Crippen LogP contribution in [0.15, 0.2) is 26.3 Å². The fourth-order valence-electron chi connectivity index (χ4n) is 1.68. The van der Waals surface area contributed by atoms with Crippen molar-refractivity contribution in [2.75, 3.05) is 0 Å². The van der Waals surface area contributed by atoms with Crippen LogP contribution in [0, 0.1) is 9.81 Å². The summed E-state index contributed by atoms with van der Waals surface area (Å²) in [4.78, 5) is 48.6. The standard InChI is InChI=1S/C8H8N6O4/c1-12-3-9-5-4(12)6(15)14(7(10-17)11-18)8(16)13(5)2/h3,7H,1-2H3. The maximum atomic E-state index is 12.0. The number of fused-ring (bicyclic) bond motifs is 1. The molecule has 0 spiro atoms. The fourth-order valence-corrected chi connectivity index (χ4v) is 1.68. The minimum atomic E-state index is -1.92. The second-order valence-corrected chi connectivity index (χ2v) is 3.60. The number of nitrogens with zero attached hydrogens (tertiary/aromatic N) is 6. The summed E-state index contributed by atoms with van der Waals surface area (Å²) in [6.45, 7) is 0. The maximum absolute atomic E-state index is 12.0. The predicted molar refractivity (Wildman–Crippen MR) is 60.8 cm³/mol. The Bertz CT molecular complexity index is 745. The molecule has 0 bridgehead atoms. The topological polar surface area (TPSA) is 121 Å². The van der Waals surface area contributed by atoms with E-state index in [0.29, 0.717) is 4.57 Å². The average molecular weight is 252 g/mol. The van der Waals surface area contributed by atoms with Gasteiger partial charge in [-0.25, -0.2) is 14.3 Å². The van der Waals surface area contributed by atoms with Crippen LogP contribution < -0.4 is 11.2 Å². The Morgan fingerprint density at radius 3 is 2.39 bits per heavy atom. The molecule has 0 saturated heterocycles. The Morgan fingerprint density at radius 1 is 1.22 bits per heavy atom. The first-order valence-corrected chi connectivity index (χ1v) is 4.80. The van der Waals surface area contributed by atoms with Crippen molar-refractivity contribution in [1.82, 2.24) is 18.7 Å². The summed E-state index contributed by atoms with van der Waals surface area (Å²) in [5, 5.41) is 4.70. The summed E-state index contributed by atoms with van der Waals surface area (Å²) >= 11 is 0. The van der Waals surface area contributed by atoms with Crippen molar-refractivity contribution in [3.8, 4) is 0 Å². The van der Waals surface area contributed by atoms with E-state index in [0.717, 1.165) is 4.57 Å². The van der Waals surface area contributed by atoms with Crippen LogP contribution in [0.5, 0.6) is 0 Å². The van der Waals surface area contributed by atoms with Gasteiger partial charge in [0.1, 0.15) is 0 Å². The average Bonchev–Trinajstić information content (AvgIpc) is 2.74. The summed E-state index contributed by atoms with van der Waals surface area (Å²) in [7, 11) is 2.91. The predicted octanol–water partition coefficient (Wildman–Crippen LogP) is -0.577. The minimum Gasteiger partial charge on any atom is -0.328 e. The van der Waals surface area contributed by atoms with Crippen molar-refractivity contribution >= 4 is 11.2 Å². The summed E-state index contributed by atoms with van der Waals surface area (Å²) in [6, 6.07) is 0. The number of rotatable bonds is 3.